The predicted octanol–water partition coefficient (Wildman–Crippen LogP) is 2.81. The molecule has 2 bridgehead atoms. The monoisotopic (exact) mass is 307 g/mol. The second-order valence-corrected chi connectivity index (χ2v) is 8.76. The number of likely N-dealkylation sites (tertiary alicyclic amines) is 1. The van der Waals surface area contributed by atoms with Gasteiger partial charge in [0.1, 0.15) is 0 Å². The Bertz CT molecular complexity index is 441. The Morgan fingerprint density at radius 3 is 2.27 bits per heavy atom. The van der Waals surface area contributed by atoms with Crippen LogP contribution in [0, 0.1) is 23.2 Å². The zero-order valence-corrected chi connectivity index (χ0v) is 14.0. The van der Waals surface area contributed by atoms with E-state index in [9.17, 15) is 4.79 Å². The van der Waals surface area contributed by atoms with Crippen LogP contribution in [0.25, 0.3) is 0 Å². The Hall–Kier alpha value is -0.610. The van der Waals surface area contributed by atoms with Gasteiger partial charge in [0.25, 0.3) is 0 Å². The second-order valence-electron chi connectivity index (χ2n) is 8.76. The molecule has 4 rings (SSSR count). The molecule has 2 saturated carbocycles. The van der Waals surface area contributed by atoms with Gasteiger partial charge in [-0.3, -0.25) is 4.79 Å². The molecule has 1 spiro atoms. The van der Waals surface area contributed by atoms with Gasteiger partial charge in [0.2, 0.25) is 5.91 Å². The minimum absolute atomic E-state index is 0.112. The average molecular weight is 307 g/mol. The number of hydrogen-bond donors (Lipinski definition) is 0. The highest BCUT2D eigenvalue weighted by Gasteiger charge is 2.47. The molecule has 0 aromatic heterocycles. The van der Waals surface area contributed by atoms with Gasteiger partial charge >= 0.3 is 0 Å². The van der Waals surface area contributed by atoms with Crippen molar-refractivity contribution in [2.45, 2.75) is 58.2 Å². The van der Waals surface area contributed by atoms with E-state index in [1.807, 2.05) is 0 Å². The maximum atomic E-state index is 12.8. The molecule has 1 amide bonds. The van der Waals surface area contributed by atoms with E-state index in [2.05, 4.69) is 18.7 Å². The van der Waals surface area contributed by atoms with Crippen LogP contribution in [0.5, 0.6) is 0 Å². The number of carbonyl (C=O) groups is 1. The first-order chi connectivity index (χ1) is 10.5. The highest BCUT2D eigenvalue weighted by molar-refractivity contribution is 5.79. The summed E-state index contributed by atoms with van der Waals surface area (Å²) in [6, 6.07) is 0. The molecule has 124 valence electrons. The second kappa shape index (κ2) is 5.20. The molecule has 2 aliphatic carbocycles. The number of amides is 1. The van der Waals surface area contributed by atoms with Crippen molar-refractivity contribution < 1.29 is 14.3 Å². The lowest BCUT2D eigenvalue weighted by Crippen LogP contribution is -2.55. The quantitative estimate of drug-likeness (QED) is 0.748. The van der Waals surface area contributed by atoms with Crippen LogP contribution < -0.4 is 0 Å². The van der Waals surface area contributed by atoms with Gasteiger partial charge in [-0.15, -0.1) is 0 Å². The molecule has 2 aliphatic heterocycles. The topological polar surface area (TPSA) is 38.8 Å². The van der Waals surface area contributed by atoms with Crippen molar-refractivity contribution in [1.29, 1.82) is 0 Å². The first-order valence-corrected chi connectivity index (χ1v) is 9.03. The third-order valence-corrected chi connectivity index (χ3v) is 6.34. The van der Waals surface area contributed by atoms with Crippen LogP contribution in [0.2, 0.25) is 0 Å². The van der Waals surface area contributed by atoms with Crippen LogP contribution in [0.15, 0.2) is 0 Å². The highest BCUT2D eigenvalue weighted by Crippen LogP contribution is 2.49. The number of rotatable bonds is 1. The molecule has 22 heavy (non-hydrogen) atoms. The molecule has 0 aromatic carbocycles. The van der Waals surface area contributed by atoms with Gasteiger partial charge < -0.3 is 14.4 Å². The van der Waals surface area contributed by atoms with Crippen molar-refractivity contribution in [2.75, 3.05) is 26.3 Å². The fourth-order valence-corrected chi connectivity index (χ4v) is 4.88. The third-order valence-electron chi connectivity index (χ3n) is 6.34. The van der Waals surface area contributed by atoms with Gasteiger partial charge in [0, 0.05) is 37.3 Å². The lowest BCUT2D eigenvalue weighted by Gasteiger charge is -2.47. The van der Waals surface area contributed by atoms with Crippen LogP contribution in [-0.2, 0) is 14.3 Å². The molecule has 3 atom stereocenters. The molecule has 0 aromatic rings. The van der Waals surface area contributed by atoms with E-state index in [0.29, 0.717) is 17.7 Å². The number of carbonyl (C=O) groups excluding carboxylic acids is 1. The molecular weight excluding hydrogens is 278 g/mol. The molecule has 0 radical (unpaired) electrons. The Morgan fingerprint density at radius 2 is 1.73 bits per heavy atom. The number of piperidine rings is 1. The minimum Gasteiger partial charge on any atom is -0.349 e. The number of hydrogen-bond acceptors (Lipinski definition) is 3. The number of nitrogens with zero attached hydrogens (tertiary/aromatic N) is 1. The van der Waals surface area contributed by atoms with Gasteiger partial charge in [-0.05, 0) is 31.1 Å². The van der Waals surface area contributed by atoms with Crippen molar-refractivity contribution in [3.8, 4) is 0 Å². The van der Waals surface area contributed by atoms with Crippen molar-refractivity contribution in [1.82, 2.24) is 4.90 Å². The van der Waals surface area contributed by atoms with E-state index in [4.69, 9.17) is 9.47 Å². The van der Waals surface area contributed by atoms with Crippen molar-refractivity contribution in [2.24, 2.45) is 23.2 Å². The smallest absolute Gasteiger partial charge is 0.225 e. The predicted molar refractivity (Wildman–Crippen MR) is 83.2 cm³/mol. The third kappa shape index (κ3) is 2.58. The van der Waals surface area contributed by atoms with E-state index in [1.54, 1.807) is 0 Å². The highest BCUT2D eigenvalue weighted by atomic mass is 16.7. The molecule has 4 aliphatic rings. The molecule has 4 nitrogen and oxygen atoms in total. The zero-order chi connectivity index (χ0) is 15.4. The summed E-state index contributed by atoms with van der Waals surface area (Å²) in [5.74, 6) is 1.83. The largest absolute Gasteiger partial charge is 0.349 e. The van der Waals surface area contributed by atoms with Gasteiger partial charge in [0.05, 0.1) is 13.2 Å². The van der Waals surface area contributed by atoms with E-state index < -0.39 is 5.79 Å². The summed E-state index contributed by atoms with van der Waals surface area (Å²) in [5, 5.41) is 0. The number of fused-ring (bicyclic) bond motifs is 2. The van der Waals surface area contributed by atoms with E-state index in [-0.39, 0.29) is 5.41 Å². The SMILES string of the molecule is CC1(C)COC2(CCN(C(=O)C3CC4CCC3C4)CC2)OC1. The molecule has 4 heteroatoms. The standard InChI is InChI=1S/C18H29NO3/c1-17(2)11-21-18(22-12-17)5-7-19(8-6-18)16(20)15-10-13-3-4-14(15)9-13/h13-15H,3-12H2,1-2H3. The van der Waals surface area contributed by atoms with Crippen LogP contribution in [-0.4, -0.2) is 42.9 Å². The summed E-state index contributed by atoms with van der Waals surface area (Å²) >= 11 is 0. The zero-order valence-electron chi connectivity index (χ0n) is 14.0. The summed E-state index contributed by atoms with van der Waals surface area (Å²) in [6.07, 6.45) is 6.74. The van der Waals surface area contributed by atoms with Crippen molar-refractivity contribution in [3.05, 3.63) is 0 Å². The molecular formula is C18H29NO3. The lowest BCUT2D eigenvalue weighted by molar-refractivity contribution is -0.312. The Balaban J connectivity index is 1.33. The van der Waals surface area contributed by atoms with Gasteiger partial charge in [-0.2, -0.15) is 0 Å². The van der Waals surface area contributed by atoms with Gasteiger partial charge in [-0.1, -0.05) is 20.3 Å². The normalized spacial score (nSPS) is 39.4. The Kier molecular flexibility index (Phi) is 3.53. The summed E-state index contributed by atoms with van der Waals surface area (Å²) < 4.78 is 12.1. The fraction of sp³-hybridized carbons (Fsp3) is 0.944. The van der Waals surface area contributed by atoms with E-state index in [0.717, 1.165) is 51.5 Å². The average Bonchev–Trinajstić information content (AvgIpc) is 3.14. The van der Waals surface area contributed by atoms with Crippen LogP contribution in [0.3, 0.4) is 0 Å². The van der Waals surface area contributed by atoms with Crippen LogP contribution >= 0.6 is 0 Å². The number of ether oxygens (including phenoxy) is 2. The lowest BCUT2D eigenvalue weighted by atomic mass is 9.87. The summed E-state index contributed by atoms with van der Waals surface area (Å²) in [6.45, 7) is 7.46. The molecule has 0 N–H and O–H groups in total. The molecule has 2 saturated heterocycles. The van der Waals surface area contributed by atoms with E-state index >= 15 is 0 Å². The van der Waals surface area contributed by atoms with Gasteiger partial charge in [-0.25, -0.2) is 0 Å². The van der Waals surface area contributed by atoms with Crippen LogP contribution in [0.4, 0.5) is 0 Å². The Labute approximate surface area is 133 Å². The fourth-order valence-electron chi connectivity index (χ4n) is 4.88. The first-order valence-electron chi connectivity index (χ1n) is 9.03. The van der Waals surface area contributed by atoms with Gasteiger partial charge in [0.15, 0.2) is 5.79 Å². The maximum Gasteiger partial charge on any atom is 0.225 e. The van der Waals surface area contributed by atoms with E-state index in [1.165, 1.54) is 19.3 Å². The van der Waals surface area contributed by atoms with Crippen molar-refractivity contribution in [3.63, 3.8) is 0 Å². The minimum atomic E-state index is -0.416. The first kappa shape index (κ1) is 14.9. The maximum absolute atomic E-state index is 12.8. The molecule has 3 unspecified atom stereocenters. The van der Waals surface area contributed by atoms with Crippen LogP contribution in [0.1, 0.15) is 52.4 Å². The molecule has 2 heterocycles. The molecule has 4 fully saturated rings. The summed E-state index contributed by atoms with van der Waals surface area (Å²) in [4.78, 5) is 14.9. The summed E-state index contributed by atoms with van der Waals surface area (Å²) in [5.41, 5.74) is 0.112. The Morgan fingerprint density at radius 1 is 1.05 bits per heavy atom. The summed E-state index contributed by atoms with van der Waals surface area (Å²) in [7, 11) is 0. The van der Waals surface area contributed by atoms with Crippen molar-refractivity contribution >= 4 is 5.91 Å².